The van der Waals surface area contributed by atoms with E-state index in [9.17, 15) is 18.0 Å². The van der Waals surface area contributed by atoms with Gasteiger partial charge in [-0.1, -0.05) is 12.8 Å². The Bertz CT molecular complexity index is 939. The summed E-state index contributed by atoms with van der Waals surface area (Å²) in [6.07, 6.45) is 9.45. The molecule has 2 N–H and O–H groups in total. The van der Waals surface area contributed by atoms with Gasteiger partial charge in [-0.2, -0.15) is 4.98 Å². The Labute approximate surface area is 182 Å². The number of hydrogen-bond donors (Lipinski definition) is 2. The summed E-state index contributed by atoms with van der Waals surface area (Å²) >= 11 is 0. The maximum absolute atomic E-state index is 13.0. The largest absolute Gasteiger partial charge is 0.351 e. The summed E-state index contributed by atoms with van der Waals surface area (Å²) in [6, 6.07) is 0.0159. The Balaban J connectivity index is 1.58. The Morgan fingerprint density at radius 3 is 2.48 bits per heavy atom. The fraction of sp³-hybridized carbons (Fsp3) is 0.700. The van der Waals surface area contributed by atoms with E-state index >= 15 is 0 Å². The predicted octanol–water partition coefficient (Wildman–Crippen LogP) is 0.651. The van der Waals surface area contributed by atoms with E-state index in [1.807, 2.05) is 0 Å². The van der Waals surface area contributed by atoms with Gasteiger partial charge in [0.1, 0.15) is 5.82 Å². The Morgan fingerprint density at radius 2 is 1.81 bits per heavy atom. The fourth-order valence-corrected chi connectivity index (χ4v) is 5.50. The maximum Gasteiger partial charge on any atom is 0.317 e. The van der Waals surface area contributed by atoms with Crippen molar-refractivity contribution >= 4 is 33.6 Å². The molecule has 0 aromatic carbocycles. The molecular weight excluding hydrogens is 420 g/mol. The van der Waals surface area contributed by atoms with Crippen LogP contribution in [0.15, 0.2) is 6.20 Å². The lowest BCUT2D eigenvalue weighted by Crippen LogP contribution is -2.48. The van der Waals surface area contributed by atoms with Crippen molar-refractivity contribution in [2.75, 3.05) is 36.1 Å². The number of fused-ring (bicyclic) bond motifs is 1. The van der Waals surface area contributed by atoms with Gasteiger partial charge in [0.05, 0.1) is 6.26 Å². The molecule has 2 aliphatic heterocycles. The van der Waals surface area contributed by atoms with Crippen LogP contribution in [0.25, 0.3) is 0 Å². The lowest BCUT2D eigenvalue weighted by atomic mass is 10.1. The molecular formula is C20H30N6O4S. The monoisotopic (exact) mass is 450 g/mol. The lowest BCUT2D eigenvalue weighted by Gasteiger charge is -2.31. The van der Waals surface area contributed by atoms with Crippen LogP contribution in [0.3, 0.4) is 0 Å². The number of nitrogens with zero attached hydrogens (tertiary/aromatic N) is 4. The van der Waals surface area contributed by atoms with Gasteiger partial charge >= 0.3 is 11.8 Å². The van der Waals surface area contributed by atoms with Gasteiger partial charge in [0.15, 0.2) is 0 Å². The minimum Gasteiger partial charge on any atom is -0.351 e. The number of sulfonamides is 1. The molecule has 10 nitrogen and oxygen atoms in total. The van der Waals surface area contributed by atoms with Crippen molar-refractivity contribution in [1.29, 1.82) is 0 Å². The van der Waals surface area contributed by atoms with E-state index in [2.05, 4.69) is 15.6 Å². The number of aryl methyl sites for hydroxylation is 1. The van der Waals surface area contributed by atoms with Crippen molar-refractivity contribution in [2.45, 2.75) is 63.5 Å². The van der Waals surface area contributed by atoms with Gasteiger partial charge in [-0.3, -0.25) is 14.5 Å². The molecule has 0 spiro atoms. The van der Waals surface area contributed by atoms with Gasteiger partial charge in [-0.25, -0.2) is 17.7 Å². The molecule has 0 unspecified atom stereocenters. The van der Waals surface area contributed by atoms with Crippen molar-refractivity contribution in [1.82, 2.24) is 19.6 Å². The van der Waals surface area contributed by atoms with Gasteiger partial charge in [-0.15, -0.1) is 0 Å². The highest BCUT2D eigenvalue weighted by Gasteiger charge is 2.35. The highest BCUT2D eigenvalue weighted by atomic mass is 32.2. The zero-order chi connectivity index (χ0) is 22.0. The Kier molecular flexibility index (Phi) is 6.42. The third-order valence-corrected chi connectivity index (χ3v) is 7.64. The first kappa shape index (κ1) is 21.9. The molecule has 3 heterocycles. The van der Waals surface area contributed by atoms with Crippen molar-refractivity contribution < 1.29 is 18.0 Å². The fourth-order valence-electron chi connectivity index (χ4n) is 4.63. The predicted molar refractivity (Wildman–Crippen MR) is 116 cm³/mol. The number of hydrogen-bond acceptors (Lipinski definition) is 7. The van der Waals surface area contributed by atoms with Crippen LogP contribution in [0.5, 0.6) is 0 Å². The van der Waals surface area contributed by atoms with Crippen molar-refractivity contribution in [3.63, 3.8) is 0 Å². The summed E-state index contributed by atoms with van der Waals surface area (Å²) in [5.74, 6) is -0.200. The molecule has 1 aromatic rings. The van der Waals surface area contributed by atoms with Crippen LogP contribution in [-0.2, 0) is 26.0 Å². The number of nitrogens with one attached hydrogen (secondary N) is 2. The second-order valence-corrected chi connectivity index (χ2v) is 10.6. The van der Waals surface area contributed by atoms with Gasteiger partial charge in [0, 0.05) is 43.5 Å². The zero-order valence-corrected chi connectivity index (χ0v) is 18.7. The average Bonchev–Trinajstić information content (AvgIpc) is 3.27. The lowest BCUT2D eigenvalue weighted by molar-refractivity contribution is -0.137. The normalized spacial score (nSPS) is 22.4. The van der Waals surface area contributed by atoms with E-state index in [0.29, 0.717) is 57.1 Å². The van der Waals surface area contributed by atoms with E-state index in [4.69, 9.17) is 4.98 Å². The number of carbonyl (C=O) groups is 2. The topological polar surface area (TPSA) is 125 Å². The third kappa shape index (κ3) is 4.98. The maximum atomic E-state index is 13.0. The molecule has 0 radical (unpaired) electrons. The number of rotatable bonds is 4. The molecule has 2 fully saturated rings. The van der Waals surface area contributed by atoms with Gasteiger partial charge in [0.2, 0.25) is 16.0 Å². The Morgan fingerprint density at radius 1 is 1.10 bits per heavy atom. The van der Waals surface area contributed by atoms with E-state index in [1.54, 1.807) is 11.1 Å². The summed E-state index contributed by atoms with van der Waals surface area (Å²) in [5.41, 5.74) is 0.870. The summed E-state index contributed by atoms with van der Waals surface area (Å²) in [4.78, 5) is 36.1. The molecule has 1 aromatic heterocycles. The van der Waals surface area contributed by atoms with Crippen LogP contribution < -0.4 is 15.5 Å². The first-order valence-electron chi connectivity index (χ1n) is 11.0. The number of piperidine rings is 1. The second-order valence-electron chi connectivity index (χ2n) is 8.60. The van der Waals surface area contributed by atoms with E-state index in [-0.39, 0.29) is 12.1 Å². The zero-order valence-electron chi connectivity index (χ0n) is 17.8. The number of carbonyl (C=O) groups excluding carboxylic acids is 2. The van der Waals surface area contributed by atoms with Gasteiger partial charge in [-0.05, 0) is 38.5 Å². The third-order valence-electron chi connectivity index (χ3n) is 6.34. The summed E-state index contributed by atoms with van der Waals surface area (Å²) in [6.45, 7) is 1.35. The molecule has 1 aliphatic carbocycles. The number of amides is 2. The minimum atomic E-state index is -3.18. The van der Waals surface area contributed by atoms with Crippen molar-refractivity contribution in [3.05, 3.63) is 11.8 Å². The van der Waals surface area contributed by atoms with E-state index in [1.165, 1.54) is 10.6 Å². The molecule has 170 valence electrons. The van der Waals surface area contributed by atoms with Crippen LogP contribution in [0.1, 0.15) is 50.5 Å². The molecule has 31 heavy (non-hydrogen) atoms. The van der Waals surface area contributed by atoms with Crippen LogP contribution in [-0.4, -0.2) is 72.5 Å². The summed E-state index contributed by atoms with van der Waals surface area (Å²) < 4.78 is 24.9. The summed E-state index contributed by atoms with van der Waals surface area (Å²) in [7, 11) is -3.18. The number of aromatic nitrogens is 2. The number of anilines is 2. The molecule has 0 bridgehead atoms. The van der Waals surface area contributed by atoms with Crippen molar-refractivity contribution in [3.8, 4) is 0 Å². The molecule has 3 aliphatic rings. The molecule has 2 amide bonds. The molecule has 1 saturated heterocycles. The van der Waals surface area contributed by atoms with Crippen LogP contribution >= 0.6 is 0 Å². The average molecular weight is 451 g/mol. The Hall–Kier alpha value is -2.27. The quantitative estimate of drug-likeness (QED) is 0.645. The van der Waals surface area contributed by atoms with Crippen LogP contribution in [0.4, 0.5) is 11.8 Å². The minimum absolute atomic E-state index is 0.0316. The highest BCUT2D eigenvalue weighted by Crippen LogP contribution is 2.31. The molecule has 4 rings (SSSR count). The first-order valence-corrected chi connectivity index (χ1v) is 12.9. The van der Waals surface area contributed by atoms with E-state index in [0.717, 1.165) is 31.2 Å². The van der Waals surface area contributed by atoms with Gasteiger partial charge < -0.3 is 10.6 Å². The SMILES string of the molecule is CS(=O)(=O)N1CCC(Nc2ncc3c(n2)N(C2CCCC2)C(=O)C(=O)NCCC3)CC1. The van der Waals surface area contributed by atoms with Crippen molar-refractivity contribution in [2.24, 2.45) is 0 Å². The highest BCUT2D eigenvalue weighted by molar-refractivity contribution is 7.88. The summed E-state index contributed by atoms with van der Waals surface area (Å²) in [5, 5.41) is 6.02. The van der Waals surface area contributed by atoms with Gasteiger partial charge in [0.25, 0.3) is 0 Å². The van der Waals surface area contributed by atoms with Crippen LogP contribution in [0.2, 0.25) is 0 Å². The van der Waals surface area contributed by atoms with E-state index < -0.39 is 21.8 Å². The first-order chi connectivity index (χ1) is 14.8. The molecule has 11 heteroatoms. The molecule has 0 atom stereocenters. The van der Waals surface area contributed by atoms with Crippen LogP contribution in [0, 0.1) is 0 Å². The standard InChI is InChI=1S/C20H30N6O4S/c1-31(29,30)25-11-8-15(9-12-25)23-20-22-13-14-5-4-10-21-18(27)19(28)26(17(14)24-20)16-6-2-3-7-16/h13,15-16H,2-12H2,1H3,(H,21,27)(H,22,23,24). The second kappa shape index (κ2) is 9.07. The molecule has 1 saturated carbocycles. The smallest absolute Gasteiger partial charge is 0.317 e.